The summed E-state index contributed by atoms with van der Waals surface area (Å²) in [5, 5.41) is 3.53. The Morgan fingerprint density at radius 3 is 2.89 bits per heavy atom. The minimum absolute atomic E-state index is 0.0114. The van der Waals surface area contributed by atoms with Crippen LogP contribution in [0.1, 0.15) is 30.5 Å². The molecule has 2 rings (SSSR count). The van der Waals surface area contributed by atoms with Crippen molar-refractivity contribution in [2.24, 2.45) is 0 Å². The van der Waals surface area contributed by atoms with E-state index in [1.165, 1.54) is 9.75 Å². The second-order valence-electron chi connectivity index (χ2n) is 6.11. The maximum absolute atomic E-state index is 5.92. The maximum atomic E-state index is 5.92. The number of nitrogens with one attached hydrogen (secondary N) is 1. The second-order valence-corrected chi connectivity index (χ2v) is 7.48. The normalized spacial score (nSPS) is 23.7. The molecule has 1 aliphatic heterocycles. The van der Waals surface area contributed by atoms with Gasteiger partial charge in [-0.1, -0.05) is 0 Å². The highest BCUT2D eigenvalue weighted by Gasteiger charge is 2.30. The average Bonchev–Trinajstić information content (AvgIpc) is 2.68. The molecular weight excluding hydrogens is 256 g/mol. The predicted octanol–water partition coefficient (Wildman–Crippen LogP) is 2.65. The van der Waals surface area contributed by atoms with Gasteiger partial charge in [-0.05, 0) is 39.8 Å². The summed E-state index contributed by atoms with van der Waals surface area (Å²) < 4.78 is 5.92. The molecule has 4 heteroatoms. The van der Waals surface area contributed by atoms with Crippen LogP contribution in [-0.4, -0.2) is 42.8 Å². The van der Waals surface area contributed by atoms with Crippen molar-refractivity contribution in [2.75, 3.05) is 26.2 Å². The Balaban J connectivity index is 1.68. The van der Waals surface area contributed by atoms with Gasteiger partial charge in [0.25, 0.3) is 0 Å². The fourth-order valence-electron chi connectivity index (χ4n) is 2.79. The molecule has 1 aromatic rings. The molecule has 0 aliphatic carbocycles. The topological polar surface area (TPSA) is 24.5 Å². The smallest absolute Gasteiger partial charge is 0.0757 e. The molecule has 2 heterocycles. The van der Waals surface area contributed by atoms with Gasteiger partial charge in [0, 0.05) is 42.5 Å². The highest BCUT2D eigenvalue weighted by molar-refractivity contribution is 7.11. The molecule has 1 saturated heterocycles. The monoisotopic (exact) mass is 282 g/mol. The van der Waals surface area contributed by atoms with Crippen LogP contribution in [0.4, 0.5) is 0 Å². The molecule has 1 aromatic heterocycles. The van der Waals surface area contributed by atoms with Crippen molar-refractivity contribution in [3.63, 3.8) is 0 Å². The molecule has 0 aromatic carbocycles. The maximum Gasteiger partial charge on any atom is 0.0757 e. The van der Waals surface area contributed by atoms with E-state index in [4.69, 9.17) is 4.74 Å². The zero-order chi connectivity index (χ0) is 13.9. The third-order valence-corrected chi connectivity index (χ3v) is 4.34. The first-order valence-electron chi connectivity index (χ1n) is 7.11. The predicted molar refractivity (Wildman–Crippen MR) is 81.8 cm³/mol. The van der Waals surface area contributed by atoms with E-state index in [2.05, 4.69) is 50.0 Å². The number of rotatable bonds is 5. The van der Waals surface area contributed by atoms with Crippen LogP contribution in [0.2, 0.25) is 0 Å². The second kappa shape index (κ2) is 6.35. The number of nitrogens with zero attached hydrogens (tertiary/aromatic N) is 1. The van der Waals surface area contributed by atoms with Gasteiger partial charge >= 0.3 is 0 Å². The number of hydrogen-bond acceptors (Lipinski definition) is 4. The van der Waals surface area contributed by atoms with Gasteiger partial charge in [-0.3, -0.25) is 4.90 Å². The van der Waals surface area contributed by atoms with E-state index in [9.17, 15) is 0 Å². The first kappa shape index (κ1) is 15.0. The summed E-state index contributed by atoms with van der Waals surface area (Å²) in [5.74, 6) is 0. The molecule has 1 aliphatic rings. The van der Waals surface area contributed by atoms with Crippen LogP contribution in [0.15, 0.2) is 12.1 Å². The first-order valence-corrected chi connectivity index (χ1v) is 7.92. The summed E-state index contributed by atoms with van der Waals surface area (Å²) in [4.78, 5) is 5.31. The number of hydrogen-bond donors (Lipinski definition) is 1. The van der Waals surface area contributed by atoms with E-state index < -0.39 is 0 Å². The number of morpholine rings is 1. The Kier molecular flexibility index (Phi) is 5.01. The SMILES string of the molecule is Cc1ccc(CNCCN2CC(C)OC(C)(C)C2)s1. The Hall–Kier alpha value is -0.420. The van der Waals surface area contributed by atoms with Crippen molar-refractivity contribution in [1.29, 1.82) is 0 Å². The van der Waals surface area contributed by atoms with Gasteiger partial charge in [0.05, 0.1) is 11.7 Å². The van der Waals surface area contributed by atoms with Gasteiger partial charge in [0.1, 0.15) is 0 Å². The number of aryl methyl sites for hydroxylation is 1. The Labute approximate surface area is 121 Å². The fraction of sp³-hybridized carbons (Fsp3) is 0.733. The average molecular weight is 282 g/mol. The molecule has 0 radical (unpaired) electrons. The number of ether oxygens (including phenoxy) is 1. The molecule has 0 spiro atoms. The standard InChI is InChI=1S/C15H26N2OS/c1-12-10-17(11-15(3,4)18-12)8-7-16-9-14-6-5-13(2)19-14/h5-6,12,16H,7-11H2,1-4H3. The van der Waals surface area contributed by atoms with Crippen molar-refractivity contribution < 1.29 is 4.74 Å². The molecule has 1 atom stereocenters. The van der Waals surface area contributed by atoms with Crippen LogP contribution in [0.5, 0.6) is 0 Å². The Morgan fingerprint density at radius 1 is 1.47 bits per heavy atom. The lowest BCUT2D eigenvalue weighted by atomic mass is 10.1. The first-order chi connectivity index (χ1) is 8.94. The molecule has 3 nitrogen and oxygen atoms in total. The summed E-state index contributed by atoms with van der Waals surface area (Å²) in [5.41, 5.74) is -0.0114. The molecule has 1 N–H and O–H groups in total. The summed E-state index contributed by atoms with van der Waals surface area (Å²) in [6.45, 7) is 13.9. The molecule has 1 unspecified atom stereocenters. The minimum Gasteiger partial charge on any atom is -0.370 e. The summed E-state index contributed by atoms with van der Waals surface area (Å²) in [6, 6.07) is 4.40. The highest BCUT2D eigenvalue weighted by Crippen LogP contribution is 2.20. The Bertz CT molecular complexity index is 403. The lowest BCUT2D eigenvalue weighted by Gasteiger charge is -2.41. The minimum atomic E-state index is -0.0114. The lowest BCUT2D eigenvalue weighted by molar-refractivity contribution is -0.128. The molecule has 0 saturated carbocycles. The highest BCUT2D eigenvalue weighted by atomic mass is 32.1. The van der Waals surface area contributed by atoms with Crippen LogP contribution in [0, 0.1) is 6.92 Å². The van der Waals surface area contributed by atoms with E-state index >= 15 is 0 Å². The number of thiophene rings is 1. The molecular formula is C15H26N2OS. The van der Waals surface area contributed by atoms with E-state index in [0.717, 1.165) is 32.7 Å². The van der Waals surface area contributed by atoms with Crippen LogP contribution in [0.3, 0.4) is 0 Å². The summed E-state index contributed by atoms with van der Waals surface area (Å²) >= 11 is 1.88. The molecule has 1 fully saturated rings. The van der Waals surface area contributed by atoms with Crippen molar-refractivity contribution >= 4 is 11.3 Å². The molecule has 19 heavy (non-hydrogen) atoms. The molecule has 108 valence electrons. The quantitative estimate of drug-likeness (QED) is 0.840. The summed E-state index contributed by atoms with van der Waals surface area (Å²) in [6.07, 6.45) is 0.337. The van der Waals surface area contributed by atoms with Gasteiger partial charge < -0.3 is 10.1 Å². The van der Waals surface area contributed by atoms with Crippen LogP contribution < -0.4 is 5.32 Å². The van der Waals surface area contributed by atoms with Gasteiger partial charge in [-0.2, -0.15) is 0 Å². The van der Waals surface area contributed by atoms with Gasteiger partial charge in [0.2, 0.25) is 0 Å². The molecule has 0 bridgehead atoms. The van der Waals surface area contributed by atoms with Gasteiger partial charge in [-0.15, -0.1) is 11.3 Å². The van der Waals surface area contributed by atoms with Crippen molar-refractivity contribution in [1.82, 2.24) is 10.2 Å². The van der Waals surface area contributed by atoms with E-state index in [0.29, 0.717) is 6.10 Å². The van der Waals surface area contributed by atoms with Crippen molar-refractivity contribution in [3.8, 4) is 0 Å². The van der Waals surface area contributed by atoms with E-state index in [-0.39, 0.29) is 5.60 Å². The third-order valence-electron chi connectivity index (χ3n) is 3.34. The van der Waals surface area contributed by atoms with E-state index in [1.807, 2.05) is 11.3 Å². The van der Waals surface area contributed by atoms with Crippen LogP contribution >= 0.6 is 11.3 Å². The van der Waals surface area contributed by atoms with Crippen molar-refractivity contribution in [2.45, 2.75) is 45.9 Å². The lowest BCUT2D eigenvalue weighted by Crippen LogP contribution is -2.53. The summed E-state index contributed by atoms with van der Waals surface area (Å²) in [7, 11) is 0. The zero-order valence-corrected chi connectivity index (χ0v) is 13.3. The molecule has 0 amide bonds. The van der Waals surface area contributed by atoms with Crippen LogP contribution in [-0.2, 0) is 11.3 Å². The van der Waals surface area contributed by atoms with Crippen molar-refractivity contribution in [3.05, 3.63) is 21.9 Å². The largest absolute Gasteiger partial charge is 0.370 e. The van der Waals surface area contributed by atoms with Gasteiger partial charge in [-0.25, -0.2) is 0 Å². The third kappa shape index (κ3) is 4.88. The van der Waals surface area contributed by atoms with Gasteiger partial charge in [0.15, 0.2) is 0 Å². The Morgan fingerprint density at radius 2 is 2.26 bits per heavy atom. The zero-order valence-electron chi connectivity index (χ0n) is 12.5. The van der Waals surface area contributed by atoms with Crippen LogP contribution in [0.25, 0.3) is 0 Å². The van der Waals surface area contributed by atoms with E-state index in [1.54, 1.807) is 0 Å². The fourth-order valence-corrected chi connectivity index (χ4v) is 3.65.